The van der Waals surface area contributed by atoms with Crippen molar-refractivity contribution >= 4 is 11.9 Å². The number of hydrogen-bond donors (Lipinski definition) is 2. The smallest absolute Gasteiger partial charge is 0.322 e. The first-order chi connectivity index (χ1) is 6.13. The molecule has 0 radical (unpaired) electrons. The van der Waals surface area contributed by atoms with E-state index in [4.69, 9.17) is 0 Å². The number of rotatable bonds is 1. The Labute approximate surface area is 77.1 Å². The van der Waals surface area contributed by atoms with E-state index in [9.17, 15) is 9.59 Å². The van der Waals surface area contributed by atoms with Crippen molar-refractivity contribution in [1.82, 2.24) is 10.6 Å². The van der Waals surface area contributed by atoms with Crippen LogP contribution in [0.15, 0.2) is 0 Å². The SMILES string of the molecule is C[C@]1(C2CCCC2)NC(=O)NC1=O. The van der Waals surface area contributed by atoms with Gasteiger partial charge in [-0.15, -0.1) is 0 Å². The number of amides is 3. The molecule has 2 fully saturated rings. The predicted octanol–water partition coefficient (Wildman–Crippen LogP) is 0.775. The van der Waals surface area contributed by atoms with Crippen molar-refractivity contribution in [2.45, 2.75) is 38.1 Å². The summed E-state index contributed by atoms with van der Waals surface area (Å²) in [7, 11) is 0. The molecule has 2 N–H and O–H groups in total. The fourth-order valence-electron chi connectivity index (χ4n) is 2.35. The molecule has 1 aliphatic heterocycles. The molecule has 0 unspecified atom stereocenters. The molecule has 13 heavy (non-hydrogen) atoms. The molecule has 1 aliphatic carbocycles. The first kappa shape index (κ1) is 8.53. The van der Waals surface area contributed by atoms with Crippen LogP contribution >= 0.6 is 0 Å². The van der Waals surface area contributed by atoms with Gasteiger partial charge in [-0.3, -0.25) is 10.1 Å². The summed E-state index contributed by atoms with van der Waals surface area (Å²) < 4.78 is 0. The zero-order valence-corrected chi connectivity index (χ0v) is 7.72. The molecule has 0 bridgehead atoms. The highest BCUT2D eigenvalue weighted by molar-refractivity contribution is 6.06. The average Bonchev–Trinajstić information content (AvgIpc) is 2.61. The van der Waals surface area contributed by atoms with Crippen molar-refractivity contribution in [2.75, 3.05) is 0 Å². The summed E-state index contributed by atoms with van der Waals surface area (Å²) in [6.07, 6.45) is 4.43. The number of imide groups is 1. The highest BCUT2D eigenvalue weighted by atomic mass is 16.2. The van der Waals surface area contributed by atoms with Crippen molar-refractivity contribution in [1.29, 1.82) is 0 Å². The molecule has 0 aromatic rings. The first-order valence-electron chi connectivity index (χ1n) is 4.76. The van der Waals surface area contributed by atoms with Crippen LogP contribution < -0.4 is 10.6 Å². The van der Waals surface area contributed by atoms with Gasteiger partial charge in [-0.05, 0) is 25.7 Å². The molecule has 3 amide bonds. The van der Waals surface area contributed by atoms with Crippen molar-refractivity contribution in [2.24, 2.45) is 5.92 Å². The van der Waals surface area contributed by atoms with Crippen LogP contribution in [0.2, 0.25) is 0 Å². The van der Waals surface area contributed by atoms with Crippen molar-refractivity contribution in [3.63, 3.8) is 0 Å². The van der Waals surface area contributed by atoms with Crippen molar-refractivity contribution in [3.05, 3.63) is 0 Å². The second kappa shape index (κ2) is 2.72. The maximum absolute atomic E-state index is 11.5. The maximum atomic E-state index is 11.5. The van der Waals surface area contributed by atoms with E-state index < -0.39 is 5.54 Å². The van der Waals surface area contributed by atoms with E-state index in [1.54, 1.807) is 0 Å². The van der Waals surface area contributed by atoms with Gasteiger partial charge in [-0.25, -0.2) is 4.79 Å². The van der Waals surface area contributed by atoms with Crippen molar-refractivity contribution in [3.8, 4) is 0 Å². The third-order valence-corrected chi connectivity index (χ3v) is 3.24. The lowest BCUT2D eigenvalue weighted by Gasteiger charge is -2.27. The Bertz CT molecular complexity index is 258. The summed E-state index contributed by atoms with van der Waals surface area (Å²) in [4.78, 5) is 22.5. The number of carbonyl (C=O) groups is 2. The molecular formula is C9H14N2O2. The second-order valence-corrected chi connectivity index (χ2v) is 4.09. The minimum atomic E-state index is -0.645. The summed E-state index contributed by atoms with van der Waals surface area (Å²) in [5.41, 5.74) is -0.645. The molecule has 1 heterocycles. The molecule has 1 saturated carbocycles. The molecule has 0 aromatic heterocycles. The summed E-state index contributed by atoms with van der Waals surface area (Å²) in [5.74, 6) is 0.156. The summed E-state index contributed by atoms with van der Waals surface area (Å²) >= 11 is 0. The van der Waals surface area contributed by atoms with Gasteiger partial charge >= 0.3 is 6.03 Å². The van der Waals surface area contributed by atoms with Crippen LogP contribution in [-0.2, 0) is 4.79 Å². The van der Waals surface area contributed by atoms with Gasteiger partial charge in [0.25, 0.3) is 5.91 Å². The fraction of sp³-hybridized carbons (Fsp3) is 0.778. The Morgan fingerprint density at radius 3 is 2.38 bits per heavy atom. The van der Waals surface area contributed by atoms with E-state index in [0.29, 0.717) is 5.92 Å². The van der Waals surface area contributed by atoms with Gasteiger partial charge in [0.1, 0.15) is 5.54 Å². The Hall–Kier alpha value is -1.06. The van der Waals surface area contributed by atoms with Crippen LogP contribution in [0, 0.1) is 5.92 Å². The third-order valence-electron chi connectivity index (χ3n) is 3.24. The van der Waals surface area contributed by atoms with Crippen LogP contribution in [-0.4, -0.2) is 17.5 Å². The lowest BCUT2D eigenvalue weighted by Crippen LogP contribution is -2.49. The van der Waals surface area contributed by atoms with Gasteiger partial charge in [-0.1, -0.05) is 12.8 Å². The van der Waals surface area contributed by atoms with Gasteiger partial charge in [-0.2, -0.15) is 0 Å². The monoisotopic (exact) mass is 182 g/mol. The van der Waals surface area contributed by atoms with Crippen molar-refractivity contribution < 1.29 is 9.59 Å². The van der Waals surface area contributed by atoms with E-state index in [0.717, 1.165) is 12.8 Å². The van der Waals surface area contributed by atoms with E-state index in [-0.39, 0.29) is 11.9 Å². The molecule has 0 spiro atoms. The minimum absolute atomic E-state index is 0.163. The molecule has 2 aliphatic rings. The van der Waals surface area contributed by atoms with Crippen LogP contribution in [0.4, 0.5) is 4.79 Å². The van der Waals surface area contributed by atoms with E-state index in [1.807, 2.05) is 6.92 Å². The molecule has 4 heteroatoms. The van der Waals surface area contributed by atoms with Crippen LogP contribution in [0.3, 0.4) is 0 Å². The lowest BCUT2D eigenvalue weighted by atomic mass is 9.84. The van der Waals surface area contributed by atoms with Gasteiger partial charge in [0.2, 0.25) is 0 Å². The van der Waals surface area contributed by atoms with E-state index >= 15 is 0 Å². The molecular weight excluding hydrogens is 168 g/mol. The maximum Gasteiger partial charge on any atom is 0.322 e. The van der Waals surface area contributed by atoms with Gasteiger partial charge in [0, 0.05) is 0 Å². The molecule has 2 rings (SSSR count). The third kappa shape index (κ3) is 1.20. The number of urea groups is 1. The zero-order chi connectivity index (χ0) is 9.47. The molecule has 72 valence electrons. The molecule has 4 nitrogen and oxygen atoms in total. The average molecular weight is 182 g/mol. The van der Waals surface area contributed by atoms with Crippen LogP contribution in [0.5, 0.6) is 0 Å². The minimum Gasteiger partial charge on any atom is -0.323 e. The topological polar surface area (TPSA) is 58.2 Å². The molecule has 0 aromatic carbocycles. The Kier molecular flexibility index (Phi) is 1.78. The highest BCUT2D eigenvalue weighted by Crippen LogP contribution is 2.35. The van der Waals surface area contributed by atoms with E-state index in [2.05, 4.69) is 10.6 Å². The lowest BCUT2D eigenvalue weighted by molar-refractivity contribution is -0.125. The van der Waals surface area contributed by atoms with Gasteiger partial charge in [0.15, 0.2) is 0 Å². The Morgan fingerprint density at radius 1 is 1.31 bits per heavy atom. The summed E-state index contributed by atoms with van der Waals surface area (Å²) in [5, 5.41) is 5.02. The highest BCUT2D eigenvalue weighted by Gasteiger charge is 2.48. The fourth-order valence-corrected chi connectivity index (χ4v) is 2.35. The Morgan fingerprint density at radius 2 is 1.92 bits per heavy atom. The summed E-state index contributed by atoms with van der Waals surface area (Å²) in [6, 6.07) is -0.348. The second-order valence-electron chi connectivity index (χ2n) is 4.09. The summed E-state index contributed by atoms with van der Waals surface area (Å²) in [6.45, 7) is 1.82. The molecule has 1 atom stereocenters. The normalized spacial score (nSPS) is 34.8. The Balaban J connectivity index is 2.18. The van der Waals surface area contributed by atoms with Crippen LogP contribution in [0.25, 0.3) is 0 Å². The number of hydrogen-bond acceptors (Lipinski definition) is 2. The van der Waals surface area contributed by atoms with Crippen LogP contribution in [0.1, 0.15) is 32.6 Å². The van der Waals surface area contributed by atoms with Gasteiger partial charge < -0.3 is 5.32 Å². The number of nitrogens with one attached hydrogen (secondary N) is 2. The standard InChI is InChI=1S/C9H14N2O2/c1-9(6-4-2-3-5-6)7(12)10-8(13)11-9/h6H,2-5H2,1H3,(H2,10,11,12,13)/t9-/m1/s1. The predicted molar refractivity (Wildman–Crippen MR) is 47.0 cm³/mol. The number of carbonyl (C=O) groups excluding carboxylic acids is 2. The first-order valence-corrected chi connectivity index (χ1v) is 4.76. The zero-order valence-electron chi connectivity index (χ0n) is 7.72. The van der Waals surface area contributed by atoms with Gasteiger partial charge in [0.05, 0.1) is 0 Å². The quantitative estimate of drug-likeness (QED) is 0.588. The van der Waals surface area contributed by atoms with E-state index in [1.165, 1.54) is 12.8 Å². The molecule has 1 saturated heterocycles. The largest absolute Gasteiger partial charge is 0.323 e.